The van der Waals surface area contributed by atoms with Crippen LogP contribution in [0.1, 0.15) is 59.8 Å². The van der Waals surface area contributed by atoms with Gasteiger partial charge in [-0.3, -0.25) is 0 Å². The number of hydrogen-bond acceptors (Lipinski definition) is 5. The van der Waals surface area contributed by atoms with Crippen molar-refractivity contribution < 1.29 is 19.4 Å². The van der Waals surface area contributed by atoms with Crippen LogP contribution in [0.3, 0.4) is 0 Å². The van der Waals surface area contributed by atoms with Crippen molar-refractivity contribution in [1.29, 1.82) is 0 Å². The molecule has 0 saturated heterocycles. The molecule has 0 heterocycles. The van der Waals surface area contributed by atoms with E-state index in [0.29, 0.717) is 25.6 Å². The van der Waals surface area contributed by atoms with E-state index in [9.17, 15) is 9.90 Å². The molecule has 0 aliphatic heterocycles. The van der Waals surface area contributed by atoms with Gasteiger partial charge in [0.25, 0.3) is 0 Å². The Labute approximate surface area is 140 Å². The van der Waals surface area contributed by atoms with Crippen molar-refractivity contribution in [2.45, 2.75) is 83.1 Å². The van der Waals surface area contributed by atoms with Crippen LogP contribution in [0.5, 0.6) is 0 Å². The van der Waals surface area contributed by atoms with Gasteiger partial charge in [0.15, 0.2) is 0 Å². The molecule has 0 bridgehead atoms. The van der Waals surface area contributed by atoms with Crippen LogP contribution in [-0.2, 0) is 9.47 Å². The Kier molecular flexibility index (Phi) is 7.77. The van der Waals surface area contributed by atoms with E-state index in [1.165, 1.54) is 0 Å². The molecule has 136 valence electrons. The van der Waals surface area contributed by atoms with Gasteiger partial charge in [-0.1, -0.05) is 0 Å². The van der Waals surface area contributed by atoms with Crippen molar-refractivity contribution >= 4 is 6.09 Å². The number of carbonyl (C=O) groups excluding carboxylic acids is 1. The van der Waals surface area contributed by atoms with E-state index < -0.39 is 11.2 Å². The molecule has 23 heavy (non-hydrogen) atoms. The number of carbonyl (C=O) groups is 1. The van der Waals surface area contributed by atoms with Gasteiger partial charge in [-0.25, -0.2) is 4.79 Å². The lowest BCUT2D eigenvalue weighted by Crippen LogP contribution is -2.49. The van der Waals surface area contributed by atoms with Crippen LogP contribution in [0.2, 0.25) is 0 Å². The number of ether oxygens (including phenoxy) is 2. The Morgan fingerprint density at radius 1 is 1.22 bits per heavy atom. The monoisotopic (exact) mass is 330 g/mol. The van der Waals surface area contributed by atoms with Gasteiger partial charge in [-0.15, -0.1) is 0 Å². The number of rotatable bonds is 7. The van der Waals surface area contributed by atoms with Crippen molar-refractivity contribution in [3.05, 3.63) is 0 Å². The second-order valence-corrected chi connectivity index (χ2v) is 7.83. The first-order chi connectivity index (χ1) is 10.6. The molecule has 0 aromatic heterocycles. The molecule has 0 aromatic carbocycles. The summed E-state index contributed by atoms with van der Waals surface area (Å²) < 4.78 is 10.3. The lowest BCUT2D eigenvalue weighted by molar-refractivity contribution is 0.0207. The minimum Gasteiger partial charge on any atom is -0.444 e. The minimum atomic E-state index is -0.776. The van der Waals surface area contributed by atoms with Crippen LogP contribution in [0, 0.1) is 0 Å². The molecular formula is C17H34N2O4. The van der Waals surface area contributed by atoms with Gasteiger partial charge in [0.2, 0.25) is 0 Å². The maximum absolute atomic E-state index is 11.9. The number of aliphatic hydroxyl groups is 1. The molecule has 1 aliphatic rings. The van der Waals surface area contributed by atoms with Crippen molar-refractivity contribution in [1.82, 2.24) is 10.6 Å². The molecule has 1 rings (SSSR count). The number of hydrogen-bond donors (Lipinski definition) is 3. The number of nitrogens with one attached hydrogen (secondary N) is 2. The minimum absolute atomic E-state index is 0.125. The third-order valence-corrected chi connectivity index (χ3v) is 4.01. The van der Waals surface area contributed by atoms with E-state index in [0.717, 1.165) is 25.7 Å². The Bertz CT molecular complexity index is 366. The summed E-state index contributed by atoms with van der Waals surface area (Å²) in [6.07, 6.45) is 4.20. The summed E-state index contributed by atoms with van der Waals surface area (Å²) in [6, 6.07) is 0.428. The molecule has 1 aliphatic carbocycles. The third-order valence-electron chi connectivity index (χ3n) is 4.01. The molecular weight excluding hydrogens is 296 g/mol. The molecule has 1 fully saturated rings. The first-order valence-electron chi connectivity index (χ1n) is 8.55. The summed E-state index contributed by atoms with van der Waals surface area (Å²) in [5.41, 5.74) is -1.25. The smallest absolute Gasteiger partial charge is 0.407 e. The fourth-order valence-corrected chi connectivity index (χ4v) is 2.76. The van der Waals surface area contributed by atoms with E-state index in [1.807, 2.05) is 27.7 Å². The van der Waals surface area contributed by atoms with Crippen molar-refractivity contribution in [3.8, 4) is 0 Å². The highest BCUT2D eigenvalue weighted by Gasteiger charge is 2.27. The van der Waals surface area contributed by atoms with Crippen molar-refractivity contribution in [2.24, 2.45) is 0 Å². The highest BCUT2D eigenvalue weighted by molar-refractivity contribution is 5.68. The zero-order valence-corrected chi connectivity index (χ0v) is 15.3. The molecule has 0 aromatic rings. The summed E-state index contributed by atoms with van der Waals surface area (Å²) in [6.45, 7) is 8.47. The molecule has 3 N–H and O–H groups in total. The van der Waals surface area contributed by atoms with E-state index >= 15 is 0 Å². The summed E-state index contributed by atoms with van der Waals surface area (Å²) in [7, 11) is 1.64. The lowest BCUT2D eigenvalue weighted by Gasteiger charge is -2.33. The first kappa shape index (κ1) is 20.2. The van der Waals surface area contributed by atoms with Gasteiger partial charge in [-0.2, -0.15) is 0 Å². The summed E-state index contributed by atoms with van der Waals surface area (Å²) in [5, 5.41) is 16.7. The molecule has 3 atom stereocenters. The topological polar surface area (TPSA) is 79.8 Å². The van der Waals surface area contributed by atoms with Gasteiger partial charge < -0.3 is 25.2 Å². The van der Waals surface area contributed by atoms with Crippen LogP contribution in [-0.4, -0.2) is 54.7 Å². The Hall–Kier alpha value is -0.850. The molecule has 3 unspecified atom stereocenters. The maximum atomic E-state index is 11.9. The fraction of sp³-hybridized carbons (Fsp3) is 0.941. The quantitative estimate of drug-likeness (QED) is 0.667. The standard InChI is InChI=1S/C17H34N2O4/c1-16(2,3)23-15(20)19-14-8-6-7-13(11-14)18-12-17(4,21)9-10-22-5/h13-14,18,21H,6-12H2,1-5H3,(H,19,20). The number of alkyl carbamates (subject to hydrolysis) is 1. The molecule has 0 radical (unpaired) electrons. The zero-order chi connectivity index (χ0) is 17.5. The van der Waals surface area contributed by atoms with Crippen molar-refractivity contribution in [2.75, 3.05) is 20.3 Å². The van der Waals surface area contributed by atoms with E-state index in [-0.39, 0.29) is 12.1 Å². The van der Waals surface area contributed by atoms with Crippen LogP contribution in [0.4, 0.5) is 4.79 Å². The largest absolute Gasteiger partial charge is 0.444 e. The maximum Gasteiger partial charge on any atom is 0.407 e. The second-order valence-electron chi connectivity index (χ2n) is 7.83. The highest BCUT2D eigenvalue weighted by atomic mass is 16.6. The lowest BCUT2D eigenvalue weighted by atomic mass is 9.90. The van der Waals surface area contributed by atoms with E-state index in [2.05, 4.69) is 10.6 Å². The molecule has 0 spiro atoms. The average Bonchev–Trinajstić information content (AvgIpc) is 2.41. The third kappa shape index (κ3) is 9.13. The fourth-order valence-electron chi connectivity index (χ4n) is 2.76. The predicted molar refractivity (Wildman–Crippen MR) is 90.5 cm³/mol. The van der Waals surface area contributed by atoms with Gasteiger partial charge in [0.1, 0.15) is 5.60 Å². The zero-order valence-electron chi connectivity index (χ0n) is 15.3. The summed E-state index contributed by atoms with van der Waals surface area (Å²) in [4.78, 5) is 11.9. The van der Waals surface area contributed by atoms with E-state index in [4.69, 9.17) is 9.47 Å². The van der Waals surface area contributed by atoms with Crippen LogP contribution in [0.15, 0.2) is 0 Å². The number of amides is 1. The number of methoxy groups -OCH3 is 1. The summed E-state index contributed by atoms with van der Waals surface area (Å²) in [5.74, 6) is 0. The van der Waals surface area contributed by atoms with Crippen LogP contribution in [0.25, 0.3) is 0 Å². The average molecular weight is 330 g/mol. The second kappa shape index (κ2) is 8.85. The highest BCUT2D eigenvalue weighted by Crippen LogP contribution is 2.20. The Morgan fingerprint density at radius 2 is 1.87 bits per heavy atom. The molecule has 6 nitrogen and oxygen atoms in total. The molecule has 6 heteroatoms. The van der Waals surface area contributed by atoms with Gasteiger partial charge >= 0.3 is 6.09 Å². The normalized spacial score (nSPS) is 24.8. The first-order valence-corrected chi connectivity index (χ1v) is 8.55. The molecule has 1 amide bonds. The van der Waals surface area contributed by atoms with E-state index in [1.54, 1.807) is 7.11 Å². The van der Waals surface area contributed by atoms with Crippen LogP contribution >= 0.6 is 0 Å². The SMILES string of the molecule is COCCC(C)(O)CNC1CCCC(NC(=O)OC(C)(C)C)C1. The van der Waals surface area contributed by atoms with Gasteiger partial charge in [-0.05, 0) is 53.4 Å². The van der Waals surface area contributed by atoms with Crippen molar-refractivity contribution in [3.63, 3.8) is 0 Å². The predicted octanol–water partition coefficient (Wildman–Crippen LogP) is 2.20. The van der Waals surface area contributed by atoms with Gasteiger partial charge in [0, 0.05) is 38.8 Å². The Morgan fingerprint density at radius 3 is 2.48 bits per heavy atom. The summed E-state index contributed by atoms with van der Waals surface area (Å²) >= 11 is 0. The Balaban J connectivity index is 2.35. The van der Waals surface area contributed by atoms with Gasteiger partial charge in [0.05, 0.1) is 5.60 Å². The molecule has 1 saturated carbocycles. The van der Waals surface area contributed by atoms with Crippen LogP contribution < -0.4 is 10.6 Å².